The number of nitrogens with zero attached hydrogens (tertiary/aromatic N) is 3. The number of aromatic nitrogens is 1. The second kappa shape index (κ2) is 11.7. The van der Waals surface area contributed by atoms with Gasteiger partial charge in [-0.15, -0.1) is 11.3 Å². The normalized spacial score (nSPS) is 21.8. The predicted molar refractivity (Wildman–Crippen MR) is 136 cm³/mol. The third kappa shape index (κ3) is 6.61. The number of esters is 1. The third-order valence-electron chi connectivity index (χ3n) is 5.91. The van der Waals surface area contributed by atoms with Gasteiger partial charge in [-0.2, -0.15) is 0 Å². The first-order valence-electron chi connectivity index (χ1n) is 11.7. The zero-order chi connectivity index (χ0) is 27.4. The van der Waals surface area contributed by atoms with Gasteiger partial charge in [-0.1, -0.05) is 23.7 Å². The first-order valence-corrected chi connectivity index (χ1v) is 12.9. The fourth-order valence-corrected chi connectivity index (χ4v) is 5.35. The van der Waals surface area contributed by atoms with Crippen molar-refractivity contribution >= 4 is 40.7 Å². The molecule has 1 unspecified atom stereocenters. The molecular formula is C25H24ClF3N4O4S. The Morgan fingerprint density at radius 2 is 2.18 bits per heavy atom. The van der Waals surface area contributed by atoms with Gasteiger partial charge in [0.05, 0.1) is 18.7 Å². The fourth-order valence-electron chi connectivity index (χ4n) is 4.49. The van der Waals surface area contributed by atoms with E-state index in [1.54, 1.807) is 18.5 Å². The molecular weight excluding hydrogens is 545 g/mol. The summed E-state index contributed by atoms with van der Waals surface area (Å²) in [6.07, 6.45) is 3.18. The van der Waals surface area contributed by atoms with E-state index >= 15 is 0 Å². The number of amidine groups is 1. The first-order chi connectivity index (χ1) is 18.1. The Hall–Kier alpha value is -3.22. The van der Waals surface area contributed by atoms with Crippen molar-refractivity contribution in [1.82, 2.24) is 15.2 Å². The molecule has 1 fully saturated rings. The first kappa shape index (κ1) is 27.8. The van der Waals surface area contributed by atoms with Gasteiger partial charge >= 0.3 is 11.9 Å². The minimum atomic E-state index is -3.09. The molecule has 8 nitrogen and oxygen atoms in total. The van der Waals surface area contributed by atoms with Gasteiger partial charge in [0, 0.05) is 53.4 Å². The molecule has 2 atom stereocenters. The Balaban J connectivity index is 1.78. The molecule has 2 aliphatic heterocycles. The summed E-state index contributed by atoms with van der Waals surface area (Å²) in [5.41, 5.74) is 0.635. The van der Waals surface area contributed by atoms with Crippen molar-refractivity contribution < 1.29 is 32.6 Å². The third-order valence-corrected chi connectivity index (χ3v) is 7.02. The monoisotopic (exact) mass is 568 g/mol. The zero-order valence-electron chi connectivity index (χ0n) is 20.2. The summed E-state index contributed by atoms with van der Waals surface area (Å²) in [5, 5.41) is 14.3. The summed E-state index contributed by atoms with van der Waals surface area (Å²) in [7, 11) is 0. The van der Waals surface area contributed by atoms with Gasteiger partial charge in [-0.25, -0.2) is 27.7 Å². The number of rotatable bonds is 8. The largest absolute Gasteiger partial charge is 0.478 e. The summed E-state index contributed by atoms with van der Waals surface area (Å²) in [4.78, 5) is 34.5. The molecule has 0 radical (unpaired) electrons. The van der Waals surface area contributed by atoms with E-state index in [1.807, 2.05) is 0 Å². The number of carbonyl (C=O) groups excluding carboxylic acids is 1. The van der Waals surface area contributed by atoms with Crippen molar-refractivity contribution in [2.24, 2.45) is 10.9 Å². The highest BCUT2D eigenvalue weighted by Crippen LogP contribution is 2.38. The van der Waals surface area contributed by atoms with Crippen LogP contribution in [0.4, 0.5) is 13.2 Å². The second-order valence-corrected chi connectivity index (χ2v) is 10.1. The number of piperidine rings is 1. The molecule has 202 valence electrons. The number of hydrogen-bond donors (Lipinski definition) is 2. The lowest BCUT2D eigenvalue weighted by Crippen LogP contribution is -2.49. The minimum Gasteiger partial charge on any atom is -0.478 e. The predicted octanol–water partition coefficient (Wildman–Crippen LogP) is 4.44. The number of halogens is 4. The number of hydrogen-bond acceptors (Lipinski definition) is 8. The number of nitrogens with one attached hydrogen (secondary N) is 1. The Bertz CT molecular complexity index is 1300. The number of carboxylic acids is 1. The van der Waals surface area contributed by atoms with E-state index < -0.39 is 48.6 Å². The van der Waals surface area contributed by atoms with Gasteiger partial charge in [0.25, 0.3) is 5.92 Å². The number of benzene rings is 1. The molecule has 0 bridgehead atoms. The maximum absolute atomic E-state index is 14.7. The summed E-state index contributed by atoms with van der Waals surface area (Å²) in [6.45, 7) is 1.08. The van der Waals surface area contributed by atoms with Crippen LogP contribution in [-0.2, 0) is 14.3 Å². The van der Waals surface area contributed by atoms with Crippen LogP contribution < -0.4 is 5.32 Å². The quantitative estimate of drug-likeness (QED) is 0.358. The van der Waals surface area contributed by atoms with Crippen LogP contribution in [0.15, 0.2) is 58.2 Å². The van der Waals surface area contributed by atoms with E-state index in [2.05, 4.69) is 15.3 Å². The number of thiazole rings is 1. The number of carbonyl (C=O) groups is 2. The van der Waals surface area contributed by atoms with Crippen molar-refractivity contribution in [3.63, 3.8) is 0 Å². The van der Waals surface area contributed by atoms with Crippen molar-refractivity contribution in [3.8, 4) is 0 Å². The van der Waals surface area contributed by atoms with Gasteiger partial charge in [0.15, 0.2) is 10.8 Å². The molecule has 1 aromatic heterocycles. The standard InChI is InChI=1S/C25H24ClF3N4O4S/c1-2-37-24(36)20-18(12-33-11-14(3-6-19(34)35)10-25(28,29)13-33)31-22(23-30-7-8-38-23)32-21(20)16-5-4-15(27)9-17(16)26/h3-9,14,21H,2,10-13H2,1H3,(H,31,32)(H,34,35)/b6-3+/t14?,21-/m0/s1. The maximum atomic E-state index is 14.7. The van der Waals surface area contributed by atoms with Crippen molar-refractivity contribution in [2.45, 2.75) is 25.3 Å². The van der Waals surface area contributed by atoms with Gasteiger partial charge < -0.3 is 15.2 Å². The minimum absolute atomic E-state index is 0.0312. The van der Waals surface area contributed by atoms with Crippen LogP contribution >= 0.6 is 22.9 Å². The Labute approximate surface area is 225 Å². The summed E-state index contributed by atoms with van der Waals surface area (Å²) < 4.78 is 48.4. The van der Waals surface area contributed by atoms with E-state index in [1.165, 1.54) is 34.4 Å². The lowest BCUT2D eigenvalue weighted by atomic mass is 9.92. The highest BCUT2D eigenvalue weighted by Gasteiger charge is 2.41. The van der Waals surface area contributed by atoms with Crippen LogP contribution in [0.1, 0.15) is 30.0 Å². The molecule has 13 heteroatoms. The molecule has 2 aliphatic rings. The number of ether oxygens (including phenoxy) is 1. The van der Waals surface area contributed by atoms with Gasteiger partial charge in [0.1, 0.15) is 11.9 Å². The van der Waals surface area contributed by atoms with Crippen LogP contribution in [0.25, 0.3) is 0 Å². The topological polar surface area (TPSA) is 104 Å². The molecule has 1 saturated heterocycles. The van der Waals surface area contributed by atoms with E-state index in [4.69, 9.17) is 21.4 Å². The van der Waals surface area contributed by atoms with E-state index in [9.17, 15) is 22.8 Å². The highest BCUT2D eigenvalue weighted by molar-refractivity contribution is 7.11. The van der Waals surface area contributed by atoms with Crippen LogP contribution in [0.2, 0.25) is 5.02 Å². The second-order valence-electron chi connectivity index (χ2n) is 8.81. The van der Waals surface area contributed by atoms with Gasteiger partial charge in [-0.3, -0.25) is 9.89 Å². The molecule has 0 saturated carbocycles. The van der Waals surface area contributed by atoms with E-state index in [0.717, 1.165) is 12.1 Å². The number of aliphatic imine (C=N–C) groups is 1. The van der Waals surface area contributed by atoms with Gasteiger partial charge in [-0.05, 0) is 25.0 Å². The number of likely N-dealkylation sites (tertiary alicyclic amines) is 1. The number of aliphatic carboxylic acids is 1. The van der Waals surface area contributed by atoms with E-state index in [-0.39, 0.29) is 36.0 Å². The highest BCUT2D eigenvalue weighted by atomic mass is 35.5. The average molecular weight is 569 g/mol. The summed E-state index contributed by atoms with van der Waals surface area (Å²) >= 11 is 7.63. The molecule has 0 amide bonds. The van der Waals surface area contributed by atoms with Crippen LogP contribution in [0.3, 0.4) is 0 Å². The Morgan fingerprint density at radius 3 is 2.84 bits per heavy atom. The molecule has 1 aromatic carbocycles. The lowest BCUT2D eigenvalue weighted by Gasteiger charge is -2.38. The van der Waals surface area contributed by atoms with Crippen molar-refractivity contribution in [1.29, 1.82) is 0 Å². The SMILES string of the molecule is CCOC(=O)C1=C(CN2CC(/C=C/C(=O)O)CC(F)(F)C2)NC(c2nccs2)=N[C@H]1c1ccc(F)cc1Cl. The zero-order valence-corrected chi connectivity index (χ0v) is 21.7. The summed E-state index contributed by atoms with van der Waals surface area (Å²) in [5.74, 6) is -6.05. The molecule has 3 heterocycles. The van der Waals surface area contributed by atoms with E-state index in [0.29, 0.717) is 16.4 Å². The van der Waals surface area contributed by atoms with Crippen LogP contribution in [0, 0.1) is 11.7 Å². The van der Waals surface area contributed by atoms with Crippen LogP contribution in [0.5, 0.6) is 0 Å². The Kier molecular flexibility index (Phi) is 8.54. The fraction of sp³-hybridized carbons (Fsp3) is 0.360. The van der Waals surface area contributed by atoms with Crippen LogP contribution in [-0.4, -0.2) is 64.9 Å². The molecule has 0 spiro atoms. The molecule has 4 rings (SSSR count). The Morgan fingerprint density at radius 1 is 1.39 bits per heavy atom. The molecule has 2 aromatic rings. The number of carboxylic acid groups (broad SMARTS) is 1. The molecule has 0 aliphatic carbocycles. The lowest BCUT2D eigenvalue weighted by molar-refractivity contribution is -0.139. The smallest absolute Gasteiger partial charge is 0.338 e. The maximum Gasteiger partial charge on any atom is 0.338 e. The van der Waals surface area contributed by atoms with Crippen molar-refractivity contribution in [2.75, 3.05) is 26.2 Å². The van der Waals surface area contributed by atoms with Crippen molar-refractivity contribution in [3.05, 3.63) is 74.6 Å². The number of alkyl halides is 2. The van der Waals surface area contributed by atoms with Gasteiger partial charge in [0.2, 0.25) is 0 Å². The molecule has 38 heavy (non-hydrogen) atoms. The molecule has 2 N–H and O–H groups in total. The average Bonchev–Trinajstić information content (AvgIpc) is 3.37. The summed E-state index contributed by atoms with van der Waals surface area (Å²) in [6, 6.07) is 2.68.